The highest BCUT2D eigenvalue weighted by Gasteiger charge is 2.03. The van der Waals surface area contributed by atoms with Crippen LogP contribution in [-0.4, -0.2) is 13.2 Å². The minimum Gasteiger partial charge on any atom is -0.497 e. The molecule has 0 aliphatic carbocycles. The van der Waals surface area contributed by atoms with E-state index in [1.807, 2.05) is 13.0 Å². The van der Waals surface area contributed by atoms with E-state index in [9.17, 15) is 0 Å². The van der Waals surface area contributed by atoms with E-state index in [0.717, 1.165) is 17.9 Å². The third-order valence-electron chi connectivity index (χ3n) is 2.05. The van der Waals surface area contributed by atoms with Crippen molar-refractivity contribution in [3.8, 4) is 11.5 Å². The van der Waals surface area contributed by atoms with E-state index in [0.29, 0.717) is 5.69 Å². The summed E-state index contributed by atoms with van der Waals surface area (Å²) < 4.78 is 10.7. The lowest BCUT2D eigenvalue weighted by Gasteiger charge is -2.13. The standard InChI is InChI=1S/C11H17NO2/c1-4-8(2)14-11-6-9(12)5-10(7-11)13-3/h5-8H,4,12H2,1-3H3. The van der Waals surface area contributed by atoms with Gasteiger partial charge in [-0.25, -0.2) is 0 Å². The molecule has 0 radical (unpaired) electrons. The second-order valence-corrected chi connectivity index (χ2v) is 3.28. The van der Waals surface area contributed by atoms with E-state index >= 15 is 0 Å². The molecule has 3 heteroatoms. The van der Waals surface area contributed by atoms with Gasteiger partial charge in [0.15, 0.2) is 0 Å². The quantitative estimate of drug-likeness (QED) is 0.750. The van der Waals surface area contributed by atoms with Crippen LogP contribution in [-0.2, 0) is 0 Å². The number of benzene rings is 1. The van der Waals surface area contributed by atoms with Gasteiger partial charge >= 0.3 is 0 Å². The topological polar surface area (TPSA) is 44.5 Å². The summed E-state index contributed by atoms with van der Waals surface area (Å²) in [7, 11) is 1.61. The molecule has 0 fully saturated rings. The minimum absolute atomic E-state index is 0.196. The normalized spacial score (nSPS) is 12.2. The number of anilines is 1. The second kappa shape index (κ2) is 4.74. The van der Waals surface area contributed by atoms with Gasteiger partial charge in [-0.2, -0.15) is 0 Å². The van der Waals surface area contributed by atoms with Crippen molar-refractivity contribution in [3.05, 3.63) is 18.2 Å². The molecule has 3 nitrogen and oxygen atoms in total. The monoisotopic (exact) mass is 195 g/mol. The molecule has 0 heterocycles. The molecule has 1 rings (SSSR count). The number of nitrogens with two attached hydrogens (primary N) is 1. The summed E-state index contributed by atoms with van der Waals surface area (Å²) >= 11 is 0. The maximum atomic E-state index is 5.69. The van der Waals surface area contributed by atoms with E-state index in [-0.39, 0.29) is 6.10 Å². The van der Waals surface area contributed by atoms with Gasteiger partial charge in [-0.3, -0.25) is 0 Å². The van der Waals surface area contributed by atoms with Crippen LogP contribution in [0.3, 0.4) is 0 Å². The zero-order chi connectivity index (χ0) is 10.6. The third kappa shape index (κ3) is 2.83. The van der Waals surface area contributed by atoms with Crippen molar-refractivity contribution in [2.24, 2.45) is 0 Å². The fraction of sp³-hybridized carbons (Fsp3) is 0.455. The number of rotatable bonds is 4. The minimum atomic E-state index is 0.196. The number of hydrogen-bond acceptors (Lipinski definition) is 3. The van der Waals surface area contributed by atoms with E-state index < -0.39 is 0 Å². The zero-order valence-electron chi connectivity index (χ0n) is 8.91. The highest BCUT2D eigenvalue weighted by atomic mass is 16.5. The van der Waals surface area contributed by atoms with Gasteiger partial charge in [0.2, 0.25) is 0 Å². The molecular weight excluding hydrogens is 178 g/mol. The molecule has 0 spiro atoms. The maximum Gasteiger partial charge on any atom is 0.125 e. The molecule has 1 aromatic carbocycles. The van der Waals surface area contributed by atoms with Crippen LogP contribution >= 0.6 is 0 Å². The number of methoxy groups -OCH3 is 1. The third-order valence-corrected chi connectivity index (χ3v) is 2.05. The van der Waals surface area contributed by atoms with Crippen molar-refractivity contribution in [2.75, 3.05) is 12.8 Å². The SMILES string of the molecule is CCC(C)Oc1cc(N)cc(OC)c1. The molecule has 0 bridgehead atoms. The van der Waals surface area contributed by atoms with Crippen LogP contribution in [0.1, 0.15) is 20.3 Å². The fourth-order valence-corrected chi connectivity index (χ4v) is 1.10. The van der Waals surface area contributed by atoms with E-state index in [1.165, 1.54) is 0 Å². The molecule has 1 unspecified atom stereocenters. The molecule has 0 amide bonds. The number of hydrogen-bond donors (Lipinski definition) is 1. The molecule has 0 aliphatic rings. The maximum absolute atomic E-state index is 5.69. The van der Waals surface area contributed by atoms with Crippen LogP contribution in [0.2, 0.25) is 0 Å². The summed E-state index contributed by atoms with van der Waals surface area (Å²) in [5.74, 6) is 1.49. The zero-order valence-corrected chi connectivity index (χ0v) is 8.91. The lowest BCUT2D eigenvalue weighted by atomic mass is 10.2. The summed E-state index contributed by atoms with van der Waals surface area (Å²) in [6, 6.07) is 5.40. The van der Waals surface area contributed by atoms with Gasteiger partial charge in [-0.05, 0) is 13.3 Å². The molecule has 0 saturated heterocycles. The largest absolute Gasteiger partial charge is 0.497 e. The lowest BCUT2D eigenvalue weighted by molar-refractivity contribution is 0.216. The van der Waals surface area contributed by atoms with Gasteiger partial charge in [-0.15, -0.1) is 0 Å². The summed E-state index contributed by atoms with van der Waals surface area (Å²) in [6.45, 7) is 4.10. The van der Waals surface area contributed by atoms with E-state index in [1.54, 1.807) is 19.2 Å². The molecule has 78 valence electrons. The first-order valence-corrected chi connectivity index (χ1v) is 4.77. The average molecular weight is 195 g/mol. The van der Waals surface area contributed by atoms with E-state index in [2.05, 4.69) is 6.92 Å². The Labute approximate surface area is 84.8 Å². The van der Waals surface area contributed by atoms with Crippen LogP contribution in [0.15, 0.2) is 18.2 Å². The van der Waals surface area contributed by atoms with Crippen molar-refractivity contribution >= 4 is 5.69 Å². The Balaban J connectivity index is 2.81. The van der Waals surface area contributed by atoms with Crippen LogP contribution in [0.5, 0.6) is 11.5 Å². The summed E-state index contributed by atoms with van der Waals surface area (Å²) in [5.41, 5.74) is 6.35. The molecule has 14 heavy (non-hydrogen) atoms. The molecule has 1 atom stereocenters. The Bertz CT molecular complexity index is 299. The van der Waals surface area contributed by atoms with Crippen molar-refractivity contribution < 1.29 is 9.47 Å². The average Bonchev–Trinajstić information content (AvgIpc) is 2.16. The Kier molecular flexibility index (Phi) is 3.63. The smallest absolute Gasteiger partial charge is 0.125 e. The van der Waals surface area contributed by atoms with Gasteiger partial charge in [0.05, 0.1) is 13.2 Å². The Morgan fingerprint density at radius 1 is 1.29 bits per heavy atom. The molecule has 0 aromatic heterocycles. The summed E-state index contributed by atoms with van der Waals surface area (Å²) in [6.07, 6.45) is 1.17. The number of ether oxygens (including phenoxy) is 2. The van der Waals surface area contributed by atoms with Gasteiger partial charge in [-0.1, -0.05) is 6.92 Å². The molecule has 0 saturated carbocycles. The fourth-order valence-electron chi connectivity index (χ4n) is 1.10. The van der Waals surface area contributed by atoms with Crippen LogP contribution in [0.25, 0.3) is 0 Å². The summed E-state index contributed by atoms with van der Waals surface area (Å²) in [5, 5.41) is 0. The summed E-state index contributed by atoms with van der Waals surface area (Å²) in [4.78, 5) is 0. The Morgan fingerprint density at radius 3 is 2.50 bits per heavy atom. The van der Waals surface area contributed by atoms with Crippen molar-refractivity contribution in [1.29, 1.82) is 0 Å². The first kappa shape index (κ1) is 10.7. The molecule has 0 aliphatic heterocycles. The van der Waals surface area contributed by atoms with Crippen LogP contribution in [0.4, 0.5) is 5.69 Å². The first-order valence-electron chi connectivity index (χ1n) is 4.77. The highest BCUT2D eigenvalue weighted by Crippen LogP contribution is 2.25. The van der Waals surface area contributed by atoms with Gasteiger partial charge in [0.1, 0.15) is 11.5 Å². The molecular formula is C11H17NO2. The first-order chi connectivity index (χ1) is 6.65. The number of nitrogen functional groups attached to an aromatic ring is 1. The van der Waals surface area contributed by atoms with E-state index in [4.69, 9.17) is 15.2 Å². The van der Waals surface area contributed by atoms with Gasteiger partial charge in [0, 0.05) is 23.9 Å². The molecule has 1 aromatic rings. The predicted octanol–water partition coefficient (Wildman–Crippen LogP) is 2.45. The Hall–Kier alpha value is -1.38. The van der Waals surface area contributed by atoms with Gasteiger partial charge < -0.3 is 15.2 Å². The Morgan fingerprint density at radius 2 is 1.93 bits per heavy atom. The molecule has 2 N–H and O–H groups in total. The highest BCUT2D eigenvalue weighted by molar-refractivity contribution is 5.50. The second-order valence-electron chi connectivity index (χ2n) is 3.28. The van der Waals surface area contributed by atoms with Gasteiger partial charge in [0.25, 0.3) is 0 Å². The van der Waals surface area contributed by atoms with Crippen molar-refractivity contribution in [3.63, 3.8) is 0 Å². The van der Waals surface area contributed by atoms with Crippen molar-refractivity contribution in [2.45, 2.75) is 26.4 Å². The lowest BCUT2D eigenvalue weighted by Crippen LogP contribution is -2.09. The van der Waals surface area contributed by atoms with Crippen LogP contribution < -0.4 is 15.2 Å². The van der Waals surface area contributed by atoms with Crippen molar-refractivity contribution in [1.82, 2.24) is 0 Å². The van der Waals surface area contributed by atoms with Crippen LogP contribution in [0, 0.1) is 0 Å². The predicted molar refractivity (Wildman–Crippen MR) is 57.8 cm³/mol.